The summed E-state index contributed by atoms with van der Waals surface area (Å²) in [5, 5.41) is 1.34. The Kier molecular flexibility index (Phi) is 2.41. The molecule has 0 aliphatic heterocycles. The number of anilines is 1. The molecule has 3 aromatic rings. The molecule has 0 bridgehead atoms. The summed E-state index contributed by atoms with van der Waals surface area (Å²) >= 11 is 0. The van der Waals surface area contributed by atoms with Gasteiger partial charge in [-0.05, 0) is 23.6 Å². The van der Waals surface area contributed by atoms with Crippen molar-refractivity contribution in [3.8, 4) is 11.4 Å². The third-order valence-electron chi connectivity index (χ3n) is 2.79. The standard InChI is InChI=1S/C14H10FN3/c15-12-6-5-11(9-3-1-2-4-10(9)12)14-17-8-7-13(16)18-14/h1-8H,(H2,16,17,18). The molecule has 0 atom stereocenters. The highest BCUT2D eigenvalue weighted by atomic mass is 19.1. The Morgan fingerprint density at radius 3 is 2.50 bits per heavy atom. The van der Waals surface area contributed by atoms with Gasteiger partial charge in [0.2, 0.25) is 0 Å². The number of halogens is 1. The van der Waals surface area contributed by atoms with E-state index in [1.165, 1.54) is 6.07 Å². The molecule has 0 unspecified atom stereocenters. The van der Waals surface area contributed by atoms with Gasteiger partial charge in [0.25, 0.3) is 0 Å². The molecule has 0 saturated carbocycles. The molecular weight excluding hydrogens is 229 g/mol. The van der Waals surface area contributed by atoms with Crippen LogP contribution in [-0.4, -0.2) is 9.97 Å². The zero-order valence-electron chi connectivity index (χ0n) is 9.47. The molecule has 0 fully saturated rings. The number of nitrogens with zero attached hydrogens (tertiary/aromatic N) is 2. The molecule has 3 nitrogen and oxygen atoms in total. The summed E-state index contributed by atoms with van der Waals surface area (Å²) in [6, 6.07) is 12.0. The van der Waals surface area contributed by atoms with E-state index >= 15 is 0 Å². The van der Waals surface area contributed by atoms with Crippen molar-refractivity contribution in [3.63, 3.8) is 0 Å². The highest BCUT2D eigenvalue weighted by Crippen LogP contribution is 2.28. The van der Waals surface area contributed by atoms with E-state index in [9.17, 15) is 4.39 Å². The Balaban J connectivity index is 2.33. The second kappa shape index (κ2) is 4.07. The second-order valence-electron chi connectivity index (χ2n) is 3.95. The average molecular weight is 239 g/mol. The van der Waals surface area contributed by atoms with E-state index in [0.29, 0.717) is 17.0 Å². The van der Waals surface area contributed by atoms with E-state index in [0.717, 1.165) is 10.9 Å². The summed E-state index contributed by atoms with van der Waals surface area (Å²) in [6.45, 7) is 0. The molecule has 0 saturated heterocycles. The Bertz CT molecular complexity index is 725. The first-order valence-electron chi connectivity index (χ1n) is 5.52. The number of nitrogen functional groups attached to an aromatic ring is 1. The maximum atomic E-state index is 13.7. The molecule has 0 amide bonds. The fourth-order valence-electron chi connectivity index (χ4n) is 1.96. The van der Waals surface area contributed by atoms with Gasteiger partial charge in [-0.25, -0.2) is 14.4 Å². The first-order chi connectivity index (χ1) is 8.75. The Labute approximate surface area is 103 Å². The lowest BCUT2D eigenvalue weighted by Crippen LogP contribution is -1.95. The molecule has 0 aliphatic rings. The van der Waals surface area contributed by atoms with Crippen molar-refractivity contribution in [2.24, 2.45) is 0 Å². The molecule has 88 valence electrons. The van der Waals surface area contributed by atoms with E-state index in [-0.39, 0.29) is 5.82 Å². The van der Waals surface area contributed by atoms with Gasteiger partial charge in [0.15, 0.2) is 5.82 Å². The molecule has 18 heavy (non-hydrogen) atoms. The number of aromatic nitrogens is 2. The molecule has 1 heterocycles. The fraction of sp³-hybridized carbons (Fsp3) is 0. The van der Waals surface area contributed by atoms with Gasteiger partial charge in [-0.2, -0.15) is 0 Å². The van der Waals surface area contributed by atoms with E-state index in [1.807, 2.05) is 12.1 Å². The summed E-state index contributed by atoms with van der Waals surface area (Å²) in [5.41, 5.74) is 6.42. The van der Waals surface area contributed by atoms with Crippen molar-refractivity contribution in [2.45, 2.75) is 0 Å². The largest absolute Gasteiger partial charge is 0.384 e. The quantitative estimate of drug-likeness (QED) is 0.710. The molecule has 0 radical (unpaired) electrons. The maximum absolute atomic E-state index is 13.7. The summed E-state index contributed by atoms with van der Waals surface area (Å²) in [5.74, 6) is 0.651. The minimum Gasteiger partial charge on any atom is -0.384 e. The zero-order valence-corrected chi connectivity index (χ0v) is 9.47. The van der Waals surface area contributed by atoms with Crippen LogP contribution >= 0.6 is 0 Å². The second-order valence-corrected chi connectivity index (χ2v) is 3.95. The monoisotopic (exact) mass is 239 g/mol. The minimum absolute atomic E-state index is 0.252. The SMILES string of the molecule is Nc1ccnc(-c2ccc(F)c3ccccc23)n1. The third-order valence-corrected chi connectivity index (χ3v) is 2.79. The van der Waals surface area contributed by atoms with Gasteiger partial charge >= 0.3 is 0 Å². The third kappa shape index (κ3) is 1.68. The zero-order chi connectivity index (χ0) is 12.5. The predicted octanol–water partition coefficient (Wildman–Crippen LogP) is 3.02. The summed E-state index contributed by atoms with van der Waals surface area (Å²) in [4.78, 5) is 8.34. The van der Waals surface area contributed by atoms with Gasteiger partial charge in [0, 0.05) is 17.1 Å². The van der Waals surface area contributed by atoms with Crippen molar-refractivity contribution in [2.75, 3.05) is 5.73 Å². The number of fused-ring (bicyclic) bond motifs is 1. The first kappa shape index (κ1) is 10.7. The lowest BCUT2D eigenvalue weighted by atomic mass is 10.0. The van der Waals surface area contributed by atoms with Crippen LogP contribution in [0.5, 0.6) is 0 Å². The first-order valence-corrected chi connectivity index (χ1v) is 5.52. The summed E-state index contributed by atoms with van der Waals surface area (Å²) < 4.78 is 13.7. The number of rotatable bonds is 1. The van der Waals surface area contributed by atoms with E-state index < -0.39 is 0 Å². The van der Waals surface area contributed by atoms with Crippen molar-refractivity contribution in [3.05, 3.63) is 54.5 Å². The number of nitrogens with two attached hydrogens (primary N) is 1. The van der Waals surface area contributed by atoms with Crippen LogP contribution < -0.4 is 5.73 Å². The molecule has 2 aromatic carbocycles. The van der Waals surface area contributed by atoms with Crippen molar-refractivity contribution in [1.29, 1.82) is 0 Å². The molecule has 0 spiro atoms. The number of hydrogen-bond donors (Lipinski definition) is 1. The highest BCUT2D eigenvalue weighted by molar-refractivity contribution is 5.95. The van der Waals surface area contributed by atoms with Crippen LogP contribution in [0.15, 0.2) is 48.7 Å². The van der Waals surface area contributed by atoms with Crippen LogP contribution in [0.3, 0.4) is 0 Å². The van der Waals surface area contributed by atoms with Crippen LogP contribution in [0.4, 0.5) is 10.2 Å². The average Bonchev–Trinajstić information content (AvgIpc) is 2.39. The Morgan fingerprint density at radius 2 is 1.72 bits per heavy atom. The fourth-order valence-corrected chi connectivity index (χ4v) is 1.96. The van der Waals surface area contributed by atoms with Crippen LogP contribution in [0.25, 0.3) is 22.2 Å². The molecule has 1 aromatic heterocycles. The lowest BCUT2D eigenvalue weighted by molar-refractivity contribution is 0.640. The Hall–Kier alpha value is -2.49. The smallest absolute Gasteiger partial charge is 0.162 e. The summed E-state index contributed by atoms with van der Waals surface area (Å²) in [7, 11) is 0. The minimum atomic E-state index is -0.252. The predicted molar refractivity (Wildman–Crippen MR) is 69.3 cm³/mol. The molecule has 3 rings (SSSR count). The molecule has 4 heteroatoms. The number of benzene rings is 2. The topological polar surface area (TPSA) is 51.8 Å². The van der Waals surface area contributed by atoms with E-state index in [4.69, 9.17) is 5.73 Å². The highest BCUT2D eigenvalue weighted by Gasteiger charge is 2.09. The van der Waals surface area contributed by atoms with Crippen LogP contribution in [0, 0.1) is 5.82 Å². The van der Waals surface area contributed by atoms with Gasteiger partial charge in [0.1, 0.15) is 11.6 Å². The maximum Gasteiger partial charge on any atom is 0.162 e. The lowest BCUT2D eigenvalue weighted by Gasteiger charge is -2.06. The van der Waals surface area contributed by atoms with E-state index in [1.54, 1.807) is 30.5 Å². The van der Waals surface area contributed by atoms with Gasteiger partial charge in [-0.15, -0.1) is 0 Å². The van der Waals surface area contributed by atoms with Crippen LogP contribution in [0.2, 0.25) is 0 Å². The normalized spacial score (nSPS) is 10.7. The van der Waals surface area contributed by atoms with Crippen LogP contribution in [0.1, 0.15) is 0 Å². The van der Waals surface area contributed by atoms with Gasteiger partial charge < -0.3 is 5.73 Å². The van der Waals surface area contributed by atoms with Gasteiger partial charge in [0.05, 0.1) is 0 Å². The van der Waals surface area contributed by atoms with Crippen LogP contribution in [-0.2, 0) is 0 Å². The van der Waals surface area contributed by atoms with Gasteiger partial charge in [-0.1, -0.05) is 24.3 Å². The molecule has 0 aliphatic carbocycles. The molecule has 2 N–H and O–H groups in total. The molecular formula is C14H10FN3. The van der Waals surface area contributed by atoms with Gasteiger partial charge in [-0.3, -0.25) is 0 Å². The van der Waals surface area contributed by atoms with Crippen molar-refractivity contribution < 1.29 is 4.39 Å². The van der Waals surface area contributed by atoms with Crippen molar-refractivity contribution in [1.82, 2.24) is 9.97 Å². The number of hydrogen-bond acceptors (Lipinski definition) is 3. The summed E-state index contributed by atoms with van der Waals surface area (Å²) in [6.07, 6.45) is 1.59. The Morgan fingerprint density at radius 1 is 0.944 bits per heavy atom. The van der Waals surface area contributed by atoms with E-state index in [2.05, 4.69) is 9.97 Å². The van der Waals surface area contributed by atoms with Crippen molar-refractivity contribution >= 4 is 16.6 Å².